The Morgan fingerprint density at radius 3 is 2.58 bits per heavy atom. The largest absolute Gasteiger partial charge is 0.398 e. The lowest BCUT2D eigenvalue weighted by molar-refractivity contribution is 0.737. The Morgan fingerprint density at radius 1 is 1.42 bits per heavy atom. The Hall–Kier alpha value is -0.770. The zero-order valence-corrected chi connectivity index (χ0v) is 7.38. The molecule has 66 valence electrons. The molecule has 0 spiro atoms. The highest BCUT2D eigenvalue weighted by atomic mass is 35.5. The second-order valence-electron chi connectivity index (χ2n) is 2.62. The van der Waals surface area contributed by atoms with Crippen LogP contribution in [0.15, 0.2) is 18.2 Å². The van der Waals surface area contributed by atoms with Crippen LogP contribution in [-0.4, -0.2) is 6.54 Å². The average Bonchev–Trinajstić information content (AvgIpc) is 2.08. The summed E-state index contributed by atoms with van der Waals surface area (Å²) in [6.45, 7) is 0.403. The minimum atomic E-state index is -0.164. The Bertz CT molecular complexity index is 275. The number of rotatable bonds is 2. The van der Waals surface area contributed by atoms with Gasteiger partial charge in [-0.1, -0.05) is 17.7 Å². The molecule has 0 aliphatic heterocycles. The van der Waals surface area contributed by atoms with Crippen molar-refractivity contribution >= 4 is 17.3 Å². The van der Waals surface area contributed by atoms with Gasteiger partial charge in [-0.15, -0.1) is 0 Å². The maximum Gasteiger partial charge on any atom is 0.0638 e. The highest BCUT2D eigenvalue weighted by Crippen LogP contribution is 2.21. The summed E-state index contributed by atoms with van der Waals surface area (Å²) in [5.74, 6) is 0. The lowest BCUT2D eigenvalue weighted by Crippen LogP contribution is -2.20. The van der Waals surface area contributed by atoms with Crippen molar-refractivity contribution in [2.45, 2.75) is 6.04 Å². The van der Waals surface area contributed by atoms with E-state index >= 15 is 0 Å². The monoisotopic (exact) mass is 185 g/mol. The Kier molecular flexibility index (Phi) is 2.92. The van der Waals surface area contributed by atoms with Crippen molar-refractivity contribution in [2.75, 3.05) is 12.3 Å². The van der Waals surface area contributed by atoms with Crippen LogP contribution in [0.4, 0.5) is 5.69 Å². The molecule has 6 N–H and O–H groups in total. The van der Waals surface area contributed by atoms with Gasteiger partial charge in [-0.3, -0.25) is 0 Å². The molecule has 0 radical (unpaired) electrons. The fraction of sp³-hybridized carbons (Fsp3) is 0.250. The number of halogens is 1. The van der Waals surface area contributed by atoms with Crippen LogP contribution in [0.5, 0.6) is 0 Å². The van der Waals surface area contributed by atoms with E-state index in [1.54, 1.807) is 12.1 Å². The van der Waals surface area contributed by atoms with Crippen LogP contribution in [0, 0.1) is 0 Å². The van der Waals surface area contributed by atoms with Crippen molar-refractivity contribution in [1.82, 2.24) is 0 Å². The van der Waals surface area contributed by atoms with Gasteiger partial charge in [0, 0.05) is 12.6 Å². The van der Waals surface area contributed by atoms with E-state index in [0.29, 0.717) is 17.3 Å². The maximum absolute atomic E-state index is 5.79. The van der Waals surface area contributed by atoms with Gasteiger partial charge in [0.1, 0.15) is 0 Å². The van der Waals surface area contributed by atoms with Crippen molar-refractivity contribution in [3.63, 3.8) is 0 Å². The molecule has 1 unspecified atom stereocenters. The minimum Gasteiger partial charge on any atom is -0.398 e. The van der Waals surface area contributed by atoms with Crippen LogP contribution in [0.1, 0.15) is 11.6 Å². The third-order valence-corrected chi connectivity index (χ3v) is 2.03. The van der Waals surface area contributed by atoms with E-state index < -0.39 is 0 Å². The Labute approximate surface area is 76.5 Å². The van der Waals surface area contributed by atoms with Crippen LogP contribution in [0.25, 0.3) is 0 Å². The van der Waals surface area contributed by atoms with E-state index in [1.807, 2.05) is 6.07 Å². The van der Waals surface area contributed by atoms with Crippen molar-refractivity contribution in [2.24, 2.45) is 11.5 Å². The summed E-state index contributed by atoms with van der Waals surface area (Å²) in [6, 6.07) is 5.14. The molecule has 0 aliphatic rings. The summed E-state index contributed by atoms with van der Waals surface area (Å²) in [6.07, 6.45) is 0. The van der Waals surface area contributed by atoms with Gasteiger partial charge in [0.05, 0.1) is 10.7 Å². The number of hydrogen-bond acceptors (Lipinski definition) is 3. The Morgan fingerprint density at radius 2 is 2.08 bits per heavy atom. The number of anilines is 1. The first-order chi connectivity index (χ1) is 5.65. The number of benzene rings is 1. The van der Waals surface area contributed by atoms with E-state index in [0.717, 1.165) is 5.56 Å². The highest BCUT2D eigenvalue weighted by Gasteiger charge is 2.04. The van der Waals surface area contributed by atoms with Gasteiger partial charge in [-0.05, 0) is 17.7 Å². The van der Waals surface area contributed by atoms with E-state index in [2.05, 4.69) is 0 Å². The number of nitrogen functional groups attached to an aromatic ring is 1. The zero-order valence-electron chi connectivity index (χ0n) is 6.63. The third kappa shape index (κ3) is 1.88. The van der Waals surface area contributed by atoms with Crippen LogP contribution in [0.2, 0.25) is 5.02 Å². The molecular formula is C8H12ClN3. The quantitative estimate of drug-likeness (QED) is 0.599. The molecule has 0 aliphatic carbocycles. The van der Waals surface area contributed by atoms with E-state index in [1.165, 1.54) is 0 Å². The molecule has 0 saturated carbocycles. The summed E-state index contributed by atoms with van der Waals surface area (Å²) in [4.78, 5) is 0. The molecular weight excluding hydrogens is 174 g/mol. The highest BCUT2D eigenvalue weighted by molar-refractivity contribution is 6.33. The summed E-state index contributed by atoms with van der Waals surface area (Å²) >= 11 is 5.79. The van der Waals surface area contributed by atoms with Crippen LogP contribution < -0.4 is 17.2 Å². The van der Waals surface area contributed by atoms with Gasteiger partial charge >= 0.3 is 0 Å². The molecule has 3 nitrogen and oxygen atoms in total. The van der Waals surface area contributed by atoms with Crippen molar-refractivity contribution in [3.8, 4) is 0 Å². The van der Waals surface area contributed by atoms with E-state index in [-0.39, 0.29) is 6.04 Å². The maximum atomic E-state index is 5.79. The van der Waals surface area contributed by atoms with Gasteiger partial charge in [-0.25, -0.2) is 0 Å². The van der Waals surface area contributed by atoms with Gasteiger partial charge in [-0.2, -0.15) is 0 Å². The standard InChI is InChI=1S/C8H12ClN3/c9-6-3-5(8(12)4-10)1-2-7(6)11/h1-3,8H,4,10-12H2. The SMILES string of the molecule is NCC(N)c1ccc(N)c(Cl)c1. The predicted molar refractivity (Wildman–Crippen MR) is 51.8 cm³/mol. The van der Waals surface area contributed by atoms with Crippen LogP contribution in [0.3, 0.4) is 0 Å². The summed E-state index contributed by atoms with van der Waals surface area (Å²) in [7, 11) is 0. The van der Waals surface area contributed by atoms with E-state index in [9.17, 15) is 0 Å². The Balaban J connectivity index is 2.96. The molecule has 0 saturated heterocycles. The normalized spacial score (nSPS) is 12.9. The molecule has 0 aromatic heterocycles. The molecule has 1 aromatic carbocycles. The van der Waals surface area contributed by atoms with Crippen LogP contribution in [-0.2, 0) is 0 Å². The third-order valence-electron chi connectivity index (χ3n) is 1.71. The molecule has 0 fully saturated rings. The first kappa shape index (κ1) is 9.32. The lowest BCUT2D eigenvalue weighted by atomic mass is 10.1. The van der Waals surface area contributed by atoms with Crippen LogP contribution >= 0.6 is 11.6 Å². The summed E-state index contributed by atoms with van der Waals surface area (Å²) in [5, 5.41) is 0.524. The average molecular weight is 186 g/mol. The van der Waals surface area contributed by atoms with E-state index in [4.69, 9.17) is 28.8 Å². The first-order valence-corrected chi connectivity index (χ1v) is 4.03. The molecule has 12 heavy (non-hydrogen) atoms. The summed E-state index contributed by atoms with van der Waals surface area (Å²) in [5.41, 5.74) is 18.1. The molecule has 0 amide bonds. The fourth-order valence-corrected chi connectivity index (χ4v) is 1.10. The second kappa shape index (κ2) is 3.76. The van der Waals surface area contributed by atoms with Gasteiger partial charge in [0.25, 0.3) is 0 Å². The second-order valence-corrected chi connectivity index (χ2v) is 3.03. The minimum absolute atomic E-state index is 0.164. The summed E-state index contributed by atoms with van der Waals surface area (Å²) < 4.78 is 0. The first-order valence-electron chi connectivity index (χ1n) is 3.65. The van der Waals surface area contributed by atoms with Crippen molar-refractivity contribution in [1.29, 1.82) is 0 Å². The van der Waals surface area contributed by atoms with Crippen molar-refractivity contribution in [3.05, 3.63) is 28.8 Å². The molecule has 0 heterocycles. The number of hydrogen-bond donors (Lipinski definition) is 3. The topological polar surface area (TPSA) is 78.1 Å². The molecule has 1 aromatic rings. The predicted octanol–water partition coefficient (Wildman–Crippen LogP) is 0.881. The zero-order chi connectivity index (χ0) is 9.14. The molecule has 0 bridgehead atoms. The van der Waals surface area contributed by atoms with Gasteiger partial charge in [0.2, 0.25) is 0 Å². The lowest BCUT2D eigenvalue weighted by Gasteiger charge is -2.09. The fourth-order valence-electron chi connectivity index (χ4n) is 0.910. The molecule has 4 heteroatoms. The molecule has 1 atom stereocenters. The van der Waals surface area contributed by atoms with Crippen molar-refractivity contribution < 1.29 is 0 Å². The number of nitrogens with two attached hydrogens (primary N) is 3. The van der Waals surface area contributed by atoms with Gasteiger partial charge in [0.15, 0.2) is 0 Å². The smallest absolute Gasteiger partial charge is 0.0638 e. The molecule has 1 rings (SSSR count). The van der Waals surface area contributed by atoms with Gasteiger partial charge < -0.3 is 17.2 Å².